The molecular weight excluding hydrogens is 1780 g/mol. The van der Waals surface area contributed by atoms with Crippen LogP contribution >= 0.6 is 46.7 Å². The third kappa shape index (κ3) is 27.8. The molecule has 122 heavy (non-hydrogen) atoms. The van der Waals surface area contributed by atoms with Crippen molar-refractivity contribution >= 4 is 102 Å². The topological polar surface area (TPSA) is 72.0 Å². The quantitative estimate of drug-likeness (QED) is 0.0425. The first-order valence-corrected chi connectivity index (χ1v) is 57.4. The number of likely N-dealkylation sites (N-methyl/N-ethyl adjacent to an activating group) is 2. The number of ether oxygens (including phenoxy) is 2. The van der Waals surface area contributed by atoms with Gasteiger partial charge in [0.2, 0.25) is 0 Å². The molecule has 5 fully saturated rings. The van der Waals surface area contributed by atoms with Crippen LogP contribution in [0.2, 0.25) is 0 Å². The van der Waals surface area contributed by atoms with Crippen LogP contribution in [0.4, 0.5) is 22.7 Å². The van der Waals surface area contributed by atoms with Crippen LogP contribution in [-0.4, -0.2) is 112 Å². The molecule has 0 bridgehead atoms. The number of benzene rings is 8. The van der Waals surface area contributed by atoms with Crippen LogP contribution in [-0.2, 0) is 36.6 Å². The number of halogens is 4. The Balaban J connectivity index is 0.000000183. The third-order valence-corrected chi connectivity index (χ3v) is 34.0. The molecule has 10 nitrogen and oxygen atoms in total. The van der Waals surface area contributed by atoms with Gasteiger partial charge in [0.05, 0.1) is 17.0 Å². The fraction of sp³-hybridized carbons (Fsp3) is 0.448. The number of fused-ring (bicyclic) bond motifs is 1. The van der Waals surface area contributed by atoms with E-state index in [9.17, 15) is 9.59 Å². The molecule has 2 unspecified atom stereocenters. The van der Waals surface area contributed by atoms with Crippen molar-refractivity contribution in [2.75, 3.05) is 72.0 Å². The number of amides is 2. The van der Waals surface area contributed by atoms with Crippen molar-refractivity contribution in [2.45, 2.75) is 257 Å². The summed E-state index contributed by atoms with van der Waals surface area (Å²) in [6, 6.07) is 52.1. The van der Waals surface area contributed by atoms with E-state index < -0.39 is 39.2 Å². The fourth-order valence-corrected chi connectivity index (χ4v) is 28.9. The predicted octanol–water partition coefficient (Wildman–Crippen LogP) is 27.7. The number of rotatable bonds is 20. The molecular formula is C105H142Cl4N6O4PRu2-. The summed E-state index contributed by atoms with van der Waals surface area (Å²) < 4.78 is 14.5. The van der Waals surface area contributed by atoms with Crippen LogP contribution in [0.3, 0.4) is 0 Å². The molecule has 6 aliphatic rings. The summed E-state index contributed by atoms with van der Waals surface area (Å²) in [4.78, 5) is 37.5. The van der Waals surface area contributed by atoms with Gasteiger partial charge >= 0.3 is 253 Å². The molecule has 8 aromatic rings. The second kappa shape index (κ2) is 49.6. The normalized spacial score (nSPS) is 16.1. The van der Waals surface area contributed by atoms with Gasteiger partial charge in [-0.25, -0.2) is 0 Å². The Morgan fingerprint density at radius 3 is 1.07 bits per heavy atom. The van der Waals surface area contributed by atoms with E-state index >= 15 is 0 Å². The van der Waals surface area contributed by atoms with Gasteiger partial charge in [-0.3, -0.25) is 4.79 Å². The molecule has 0 aromatic heterocycles. The summed E-state index contributed by atoms with van der Waals surface area (Å²) in [5, 5.41) is 0. The summed E-state index contributed by atoms with van der Waals surface area (Å²) in [7, 11) is 24.1. The van der Waals surface area contributed by atoms with Crippen LogP contribution in [0.1, 0.15) is 241 Å². The van der Waals surface area contributed by atoms with Crippen molar-refractivity contribution in [2.24, 2.45) is 0 Å². The Kier molecular flexibility index (Phi) is 40.4. The van der Waals surface area contributed by atoms with E-state index in [0.717, 1.165) is 47.2 Å². The van der Waals surface area contributed by atoms with Gasteiger partial charge in [0, 0.05) is 76.9 Å². The Labute approximate surface area is 764 Å². The number of carbonyl (C=O) groups excluding carboxylic acids is 2. The minimum atomic E-state index is -1.92. The Morgan fingerprint density at radius 2 is 0.746 bits per heavy atom. The zero-order valence-corrected chi connectivity index (χ0v) is 84.1. The summed E-state index contributed by atoms with van der Waals surface area (Å²) in [5.74, 6) is 1.39. The van der Waals surface area contributed by atoms with Crippen LogP contribution in [0.15, 0.2) is 164 Å². The van der Waals surface area contributed by atoms with Crippen LogP contribution < -0.4 is 29.1 Å². The van der Waals surface area contributed by atoms with E-state index in [-0.39, 0.29) is 21.2 Å². The molecule has 0 radical (unpaired) electrons. The maximum atomic E-state index is 12.2. The van der Waals surface area contributed by atoms with Gasteiger partial charge in [-0.05, 0) is 238 Å². The summed E-state index contributed by atoms with van der Waals surface area (Å²) in [6.07, 6.45) is 28.9. The number of aryl methyl sites for hydroxylation is 12. The Hall–Kier alpha value is -6.44. The van der Waals surface area contributed by atoms with E-state index in [4.69, 9.17) is 48.2 Å². The molecule has 0 spiro atoms. The standard InChI is InChI=1S/2C21H27N2.C18H33P.C16H23NO2.C15H10.C14H19NO2.4ClH.2Ru.H2/c2*1-14-9-16(3)20(17(4)10-14)22-7-8-23(13-22)21-18(5)11-15(2)12-19(21)6;1-4-10-16(11-5-1)19(17-12-6-2-7-13-17)18-14-8-3-9-15-18;1-5-10-14-11-8-9-12-15(14)19-13(4)16(18)17(6-2)7-3;1-2-6-12(7-3-1)15-11-10-13-8-4-5-9-14(13)15;1-5-15(6-2)14(16)12(4)17-13-10-8-7-9-11(13)3;;;;;;;/h2*9-13H,7-8H2,1-6H3;16-18H,1-15H2;5,8-13H,6-7H2,1-4H3;1-9,11H;3,7-10,12H,5-6H2,1-2,4H3;4*1H;;;1H/q2*-1;;;;;;;;;2*+2;/p-3/i;;;;;;;;;;;;1+1. The monoisotopic (exact) mass is 1930 g/mol. The number of hydrogen-bond donors (Lipinski definition) is 0. The number of anilines is 4. The Morgan fingerprint density at radius 1 is 0.443 bits per heavy atom. The molecule has 4 aliphatic carbocycles. The number of hydrogen-bond acceptors (Lipinski definition) is 8. The first kappa shape index (κ1) is 99.3. The van der Waals surface area contributed by atoms with Crippen LogP contribution in [0.25, 0.3) is 11.6 Å². The average Bonchev–Trinajstić information content (AvgIpc) is 1.65. The van der Waals surface area contributed by atoms with E-state index in [2.05, 4.69) is 201 Å². The van der Waals surface area contributed by atoms with E-state index in [1.807, 2.05) is 124 Å². The number of para-hydroxylation sites is 2. The molecule has 2 amide bonds. The molecule has 17 heteroatoms. The molecule has 2 heterocycles. The number of nitrogens with zero attached hydrogens (tertiary/aromatic N) is 6. The molecule has 2 saturated heterocycles. The van der Waals surface area contributed by atoms with E-state index in [1.54, 1.807) is 120 Å². The molecule has 2 aliphatic heterocycles. The zero-order chi connectivity index (χ0) is 88.3. The molecule has 8 aromatic carbocycles. The third-order valence-electron chi connectivity index (χ3n) is 24.4. The molecule has 666 valence electrons. The van der Waals surface area contributed by atoms with Crippen LogP contribution in [0.5, 0.6) is 11.5 Å². The maximum absolute atomic E-state index is 12.2. The average molecular weight is 1930 g/mol. The first-order chi connectivity index (χ1) is 58.6. The zero-order valence-electron chi connectivity index (χ0n) is 76.6. The van der Waals surface area contributed by atoms with Gasteiger partial charge in [0.15, 0.2) is 6.10 Å². The summed E-state index contributed by atoms with van der Waals surface area (Å²) in [6.45, 7) is 51.3. The van der Waals surface area contributed by atoms with Crippen molar-refractivity contribution in [1.82, 2.24) is 9.80 Å². The van der Waals surface area contributed by atoms with Gasteiger partial charge in [0.1, 0.15) is 5.75 Å². The van der Waals surface area contributed by atoms with Crippen molar-refractivity contribution < 1.29 is 47.5 Å². The SMILES string of the molecule is C1CCC([PH+](C2CCCCC2)C2CCCCC2)CC1.CC=Cc1ccccc1OC(C)C(=O)N(CC)CC.CCN(CC)C(=O)C(C)Oc1ccccc1[CH]=[Ru]([Cl])[Cl].Cc1cc(C)c(N2[CH-]N(c3c(C)cc(C)cc3C)CC2)c(C)c1.Cc1cc(C)c(N2[CH-]N(c3c(C)cc(C)cc3C)CC2)c(C)c1.[2HH].[Cl][Ru]([Cl])=[C]1C=C(c2ccccc2)c2ccccc21. The molecule has 14 rings (SSSR count). The molecule has 0 N–H and O–H groups in total. The second-order valence-electron chi connectivity index (χ2n) is 33.9. The van der Waals surface area contributed by atoms with Gasteiger partial charge in [-0.1, -0.05) is 120 Å². The Bertz CT molecular complexity index is 4480. The predicted molar refractivity (Wildman–Crippen MR) is 528 cm³/mol. The summed E-state index contributed by atoms with van der Waals surface area (Å²) >= 11 is -3.80. The van der Waals surface area contributed by atoms with Crippen molar-refractivity contribution in [1.29, 1.82) is 0 Å². The molecule has 2 atom stereocenters. The second-order valence-corrected chi connectivity index (χ2v) is 48.9. The number of allylic oxidation sites excluding steroid dienone is 2. The van der Waals surface area contributed by atoms with Gasteiger partial charge in [-0.15, -0.1) is 0 Å². The number of carbonyl (C=O) groups is 2. The van der Waals surface area contributed by atoms with E-state index in [1.165, 1.54) is 129 Å². The van der Waals surface area contributed by atoms with Crippen molar-refractivity contribution in [3.05, 3.63) is 272 Å². The van der Waals surface area contributed by atoms with E-state index in [0.29, 0.717) is 31.9 Å². The van der Waals surface area contributed by atoms with Crippen molar-refractivity contribution in [3.63, 3.8) is 0 Å². The van der Waals surface area contributed by atoms with Gasteiger partial charge in [0.25, 0.3) is 5.91 Å². The van der Waals surface area contributed by atoms with Gasteiger partial charge in [-0.2, -0.15) is 13.3 Å². The van der Waals surface area contributed by atoms with Gasteiger partial charge < -0.3 is 29.2 Å². The van der Waals surface area contributed by atoms with Crippen molar-refractivity contribution in [3.8, 4) is 11.5 Å². The fourth-order valence-electron chi connectivity index (χ4n) is 19.4. The minimum absolute atomic E-state index is 0. The first-order valence-electron chi connectivity index (χ1n) is 44.8. The van der Waals surface area contributed by atoms with Crippen LogP contribution in [0, 0.1) is 96.4 Å². The summed E-state index contributed by atoms with van der Waals surface area (Å²) in [5.41, 5.74) is 32.1. The molecule has 3 saturated carbocycles.